The first kappa shape index (κ1) is 11.0. The molecule has 1 rings (SSSR count). The Morgan fingerprint density at radius 3 is 2.69 bits per heavy atom. The van der Waals surface area contributed by atoms with E-state index in [2.05, 4.69) is 31.1 Å². The summed E-state index contributed by atoms with van der Waals surface area (Å²) < 4.78 is 0. The second kappa shape index (κ2) is 5.61. The van der Waals surface area contributed by atoms with Gasteiger partial charge in [-0.25, -0.2) is 0 Å². The first-order valence-corrected chi connectivity index (χ1v) is 5.64. The largest absolute Gasteiger partial charge is 0.313 e. The number of rotatable bonds is 5. The van der Waals surface area contributed by atoms with E-state index in [1.807, 2.05) is 0 Å². The fraction of sp³-hybridized carbons (Fsp3) is 1.00. The lowest BCUT2D eigenvalue weighted by Crippen LogP contribution is -2.34. The highest BCUT2D eigenvalue weighted by Gasteiger charge is 2.20. The van der Waals surface area contributed by atoms with Crippen molar-refractivity contribution in [1.29, 1.82) is 0 Å². The summed E-state index contributed by atoms with van der Waals surface area (Å²) >= 11 is 0. The molecule has 2 unspecified atom stereocenters. The Morgan fingerprint density at radius 1 is 1.38 bits per heavy atom. The predicted octanol–water partition coefficient (Wildman–Crippen LogP) is 1.72. The van der Waals surface area contributed by atoms with Crippen molar-refractivity contribution in [1.82, 2.24) is 10.2 Å². The fourth-order valence-corrected chi connectivity index (χ4v) is 2.01. The van der Waals surface area contributed by atoms with Crippen molar-refractivity contribution in [3.8, 4) is 0 Å². The van der Waals surface area contributed by atoms with Crippen LogP contribution in [0.15, 0.2) is 0 Å². The molecular weight excluding hydrogens is 160 g/mol. The topological polar surface area (TPSA) is 15.3 Å². The Bertz CT molecular complexity index is 136. The molecule has 0 bridgehead atoms. The molecule has 1 aliphatic rings. The van der Waals surface area contributed by atoms with Crippen LogP contribution < -0.4 is 5.32 Å². The minimum Gasteiger partial charge on any atom is -0.313 e. The van der Waals surface area contributed by atoms with Gasteiger partial charge >= 0.3 is 0 Å². The smallest absolute Gasteiger partial charge is 0.0104 e. The zero-order chi connectivity index (χ0) is 9.68. The maximum atomic E-state index is 3.64. The van der Waals surface area contributed by atoms with Gasteiger partial charge in [-0.3, -0.25) is 0 Å². The van der Waals surface area contributed by atoms with Crippen molar-refractivity contribution in [2.75, 3.05) is 26.7 Å². The van der Waals surface area contributed by atoms with Crippen LogP contribution in [0.2, 0.25) is 0 Å². The first-order chi connectivity index (χ1) is 6.22. The highest BCUT2D eigenvalue weighted by atomic mass is 15.1. The van der Waals surface area contributed by atoms with Crippen LogP contribution in [0.4, 0.5) is 0 Å². The summed E-state index contributed by atoms with van der Waals surface area (Å²) in [5.74, 6) is 0.946. The quantitative estimate of drug-likeness (QED) is 0.700. The molecule has 0 amide bonds. The Morgan fingerprint density at radius 2 is 2.15 bits per heavy atom. The maximum absolute atomic E-state index is 3.64. The number of hydrogen-bond acceptors (Lipinski definition) is 2. The third kappa shape index (κ3) is 4.10. The van der Waals surface area contributed by atoms with Gasteiger partial charge in [-0.15, -0.1) is 0 Å². The van der Waals surface area contributed by atoms with Crippen LogP contribution in [0, 0.1) is 5.92 Å². The van der Waals surface area contributed by atoms with Gasteiger partial charge < -0.3 is 10.2 Å². The van der Waals surface area contributed by atoms with Crippen LogP contribution >= 0.6 is 0 Å². The molecule has 2 heteroatoms. The molecule has 1 aliphatic carbocycles. The predicted molar refractivity (Wildman–Crippen MR) is 58.0 cm³/mol. The average Bonchev–Trinajstić information content (AvgIpc) is 2.51. The highest BCUT2D eigenvalue weighted by Crippen LogP contribution is 2.24. The Kier molecular flexibility index (Phi) is 4.74. The molecule has 0 aromatic rings. The van der Waals surface area contributed by atoms with Crippen molar-refractivity contribution >= 4 is 0 Å². The monoisotopic (exact) mass is 184 g/mol. The van der Waals surface area contributed by atoms with E-state index in [1.54, 1.807) is 0 Å². The van der Waals surface area contributed by atoms with Crippen LogP contribution in [0.5, 0.6) is 0 Å². The molecule has 78 valence electrons. The van der Waals surface area contributed by atoms with E-state index in [0.29, 0.717) is 0 Å². The van der Waals surface area contributed by atoms with Crippen molar-refractivity contribution in [2.24, 2.45) is 5.92 Å². The third-order valence-electron chi connectivity index (χ3n) is 3.16. The van der Waals surface area contributed by atoms with Gasteiger partial charge in [0.15, 0.2) is 0 Å². The Labute approximate surface area is 82.7 Å². The van der Waals surface area contributed by atoms with E-state index in [9.17, 15) is 0 Å². The molecule has 2 atom stereocenters. The molecule has 1 saturated carbocycles. The Balaban J connectivity index is 2.00. The van der Waals surface area contributed by atoms with Crippen LogP contribution in [0.25, 0.3) is 0 Å². The lowest BCUT2D eigenvalue weighted by molar-refractivity contribution is 0.338. The Hall–Kier alpha value is -0.0800. The minimum atomic E-state index is 0.806. The summed E-state index contributed by atoms with van der Waals surface area (Å²) in [6, 6.07) is 0.806. The van der Waals surface area contributed by atoms with Crippen LogP contribution in [0.1, 0.15) is 33.1 Å². The standard InChI is InChI=1S/C11H24N2/c1-4-13(3)8-7-12-11-6-5-10(2)9-11/h10-12H,4-9H2,1-3H3. The van der Waals surface area contributed by atoms with Crippen molar-refractivity contribution in [3.05, 3.63) is 0 Å². The van der Waals surface area contributed by atoms with Gasteiger partial charge in [0.05, 0.1) is 0 Å². The second-order valence-electron chi connectivity index (χ2n) is 4.47. The van der Waals surface area contributed by atoms with Gasteiger partial charge in [-0.05, 0) is 38.8 Å². The van der Waals surface area contributed by atoms with Crippen LogP contribution in [0.3, 0.4) is 0 Å². The van der Waals surface area contributed by atoms with Gasteiger partial charge in [0, 0.05) is 19.1 Å². The summed E-state index contributed by atoms with van der Waals surface area (Å²) in [6.45, 7) is 8.06. The molecule has 0 heterocycles. The molecule has 0 spiro atoms. The summed E-state index contributed by atoms with van der Waals surface area (Å²) in [6.07, 6.45) is 4.19. The number of hydrogen-bond donors (Lipinski definition) is 1. The van der Waals surface area contributed by atoms with Crippen molar-refractivity contribution in [3.63, 3.8) is 0 Å². The minimum absolute atomic E-state index is 0.806. The summed E-state index contributed by atoms with van der Waals surface area (Å²) in [4.78, 5) is 2.35. The molecule has 1 N–H and O–H groups in total. The zero-order valence-electron chi connectivity index (χ0n) is 9.34. The van der Waals surface area contributed by atoms with Gasteiger partial charge in [0.2, 0.25) is 0 Å². The van der Waals surface area contributed by atoms with E-state index in [0.717, 1.165) is 25.0 Å². The van der Waals surface area contributed by atoms with E-state index < -0.39 is 0 Å². The summed E-state index contributed by atoms with van der Waals surface area (Å²) in [7, 11) is 2.18. The molecule has 0 aromatic carbocycles. The molecular formula is C11H24N2. The third-order valence-corrected chi connectivity index (χ3v) is 3.16. The molecule has 13 heavy (non-hydrogen) atoms. The molecule has 0 aromatic heterocycles. The van der Waals surface area contributed by atoms with E-state index in [1.165, 1.54) is 25.8 Å². The van der Waals surface area contributed by atoms with E-state index >= 15 is 0 Å². The molecule has 0 radical (unpaired) electrons. The SMILES string of the molecule is CCN(C)CCNC1CCC(C)C1. The van der Waals surface area contributed by atoms with E-state index in [-0.39, 0.29) is 0 Å². The van der Waals surface area contributed by atoms with E-state index in [4.69, 9.17) is 0 Å². The van der Waals surface area contributed by atoms with Crippen LogP contribution in [-0.2, 0) is 0 Å². The number of likely N-dealkylation sites (N-methyl/N-ethyl adjacent to an activating group) is 1. The second-order valence-corrected chi connectivity index (χ2v) is 4.47. The zero-order valence-corrected chi connectivity index (χ0v) is 9.34. The number of nitrogens with zero attached hydrogens (tertiary/aromatic N) is 1. The number of nitrogens with one attached hydrogen (secondary N) is 1. The highest BCUT2D eigenvalue weighted by molar-refractivity contribution is 4.78. The average molecular weight is 184 g/mol. The first-order valence-electron chi connectivity index (χ1n) is 5.64. The van der Waals surface area contributed by atoms with Gasteiger partial charge in [0.1, 0.15) is 0 Å². The van der Waals surface area contributed by atoms with Gasteiger partial charge in [-0.2, -0.15) is 0 Å². The molecule has 0 aliphatic heterocycles. The lowest BCUT2D eigenvalue weighted by Gasteiger charge is -2.17. The fourth-order valence-electron chi connectivity index (χ4n) is 2.01. The normalized spacial score (nSPS) is 28.6. The molecule has 1 fully saturated rings. The van der Waals surface area contributed by atoms with Crippen LogP contribution in [-0.4, -0.2) is 37.6 Å². The van der Waals surface area contributed by atoms with Gasteiger partial charge in [-0.1, -0.05) is 13.8 Å². The summed E-state index contributed by atoms with van der Waals surface area (Å²) in [5.41, 5.74) is 0. The van der Waals surface area contributed by atoms with Gasteiger partial charge in [0.25, 0.3) is 0 Å². The van der Waals surface area contributed by atoms with Crippen molar-refractivity contribution in [2.45, 2.75) is 39.2 Å². The molecule has 0 saturated heterocycles. The lowest BCUT2D eigenvalue weighted by atomic mass is 10.1. The molecule has 2 nitrogen and oxygen atoms in total. The summed E-state index contributed by atoms with van der Waals surface area (Å²) in [5, 5.41) is 3.64. The van der Waals surface area contributed by atoms with Crippen molar-refractivity contribution < 1.29 is 0 Å². The maximum Gasteiger partial charge on any atom is 0.0104 e.